The van der Waals surface area contributed by atoms with E-state index in [-0.39, 0.29) is 10.9 Å². The summed E-state index contributed by atoms with van der Waals surface area (Å²) < 4.78 is 27.4. The maximum Gasteiger partial charge on any atom is 0.247 e. The van der Waals surface area contributed by atoms with E-state index < -0.39 is 10.0 Å². The Morgan fingerprint density at radius 3 is 2.86 bits per heavy atom. The lowest BCUT2D eigenvalue weighted by molar-refractivity contribution is 0.170. The van der Waals surface area contributed by atoms with Crippen LogP contribution in [0.3, 0.4) is 0 Å². The molecule has 1 aliphatic rings. The van der Waals surface area contributed by atoms with Gasteiger partial charge in [-0.05, 0) is 32.5 Å². The minimum Gasteiger partial charge on any atom is -0.369 e. The monoisotopic (exact) mass is 312 g/mol. The van der Waals surface area contributed by atoms with Gasteiger partial charge in [-0.15, -0.1) is 0 Å². The first-order valence-electron chi connectivity index (χ1n) is 7.36. The van der Waals surface area contributed by atoms with Crippen molar-refractivity contribution in [3.63, 3.8) is 0 Å². The Kier molecular flexibility index (Phi) is 5.18. The number of likely N-dealkylation sites (N-methyl/N-ethyl adjacent to an activating group) is 1. The van der Waals surface area contributed by atoms with Crippen molar-refractivity contribution >= 4 is 15.8 Å². The molecule has 0 aliphatic carbocycles. The third kappa shape index (κ3) is 3.53. The normalized spacial score (nSPS) is 21.4. The van der Waals surface area contributed by atoms with Gasteiger partial charge in [0.05, 0.1) is 0 Å². The molecular formula is C14H24N4O2S. The van der Waals surface area contributed by atoms with Gasteiger partial charge in [-0.1, -0.05) is 6.92 Å². The molecule has 118 valence electrons. The Hall–Kier alpha value is -1.18. The van der Waals surface area contributed by atoms with Crippen LogP contribution >= 0.6 is 0 Å². The summed E-state index contributed by atoms with van der Waals surface area (Å²) in [5.74, 6) is 0.450. The van der Waals surface area contributed by atoms with E-state index in [2.05, 4.69) is 15.2 Å². The molecule has 0 aromatic carbocycles. The molecular weight excluding hydrogens is 288 g/mol. The van der Waals surface area contributed by atoms with Crippen LogP contribution in [0.4, 0.5) is 5.82 Å². The second-order valence-corrected chi connectivity index (χ2v) is 7.36. The predicted octanol–water partition coefficient (Wildman–Crippen LogP) is 1.23. The van der Waals surface area contributed by atoms with Gasteiger partial charge in [0.1, 0.15) is 10.7 Å². The van der Waals surface area contributed by atoms with Gasteiger partial charge in [0.2, 0.25) is 10.0 Å². The molecule has 1 aromatic heterocycles. The van der Waals surface area contributed by atoms with Gasteiger partial charge in [-0.25, -0.2) is 13.4 Å². The highest BCUT2D eigenvalue weighted by Crippen LogP contribution is 2.25. The van der Waals surface area contributed by atoms with E-state index in [0.717, 1.165) is 19.5 Å². The largest absolute Gasteiger partial charge is 0.369 e. The summed E-state index contributed by atoms with van der Waals surface area (Å²) in [6.45, 7) is 6.70. The van der Waals surface area contributed by atoms with Crippen molar-refractivity contribution in [1.29, 1.82) is 0 Å². The fourth-order valence-corrected chi connectivity index (χ4v) is 4.32. The van der Waals surface area contributed by atoms with Gasteiger partial charge in [0.25, 0.3) is 0 Å². The van der Waals surface area contributed by atoms with Gasteiger partial charge in [-0.3, -0.25) is 0 Å². The summed E-state index contributed by atoms with van der Waals surface area (Å²) >= 11 is 0. The highest BCUT2D eigenvalue weighted by molar-refractivity contribution is 7.89. The molecule has 1 aliphatic heterocycles. The highest BCUT2D eigenvalue weighted by atomic mass is 32.2. The molecule has 2 rings (SSSR count). The lowest BCUT2D eigenvalue weighted by atomic mass is 10.2. The van der Waals surface area contributed by atoms with Gasteiger partial charge in [0, 0.05) is 38.4 Å². The van der Waals surface area contributed by atoms with Crippen molar-refractivity contribution in [3.05, 3.63) is 18.3 Å². The molecule has 7 heteroatoms. The fourth-order valence-electron chi connectivity index (χ4n) is 2.58. The Morgan fingerprint density at radius 1 is 1.43 bits per heavy atom. The maximum absolute atomic E-state index is 12.9. The first-order valence-corrected chi connectivity index (χ1v) is 8.80. The SMILES string of the molecule is CCCNc1ncccc1S(=O)(=O)N1CCN(C)CC1C. The number of nitrogens with zero attached hydrogens (tertiary/aromatic N) is 3. The summed E-state index contributed by atoms with van der Waals surface area (Å²) in [4.78, 5) is 6.61. The van der Waals surface area contributed by atoms with E-state index in [4.69, 9.17) is 0 Å². The van der Waals surface area contributed by atoms with Gasteiger partial charge in [0.15, 0.2) is 0 Å². The highest BCUT2D eigenvalue weighted by Gasteiger charge is 2.34. The number of piperazine rings is 1. The molecule has 21 heavy (non-hydrogen) atoms. The first kappa shape index (κ1) is 16.2. The van der Waals surface area contributed by atoms with E-state index in [9.17, 15) is 8.42 Å². The summed E-state index contributed by atoms with van der Waals surface area (Å²) in [5.41, 5.74) is 0. The van der Waals surface area contributed by atoms with Gasteiger partial charge in [-0.2, -0.15) is 4.31 Å². The molecule has 1 aromatic rings. The number of hydrogen-bond acceptors (Lipinski definition) is 5. The van der Waals surface area contributed by atoms with E-state index in [1.54, 1.807) is 22.6 Å². The number of sulfonamides is 1. The minimum atomic E-state index is -3.51. The zero-order valence-electron chi connectivity index (χ0n) is 12.9. The molecule has 1 fully saturated rings. The van der Waals surface area contributed by atoms with Gasteiger partial charge < -0.3 is 10.2 Å². The van der Waals surface area contributed by atoms with Crippen molar-refractivity contribution in [1.82, 2.24) is 14.2 Å². The van der Waals surface area contributed by atoms with E-state index in [0.29, 0.717) is 18.9 Å². The minimum absolute atomic E-state index is 0.0343. The summed E-state index contributed by atoms with van der Waals surface area (Å²) in [7, 11) is -1.50. The molecule has 1 N–H and O–H groups in total. The van der Waals surface area contributed by atoms with Crippen LogP contribution in [0.15, 0.2) is 23.2 Å². The molecule has 1 atom stereocenters. The molecule has 6 nitrogen and oxygen atoms in total. The lowest BCUT2D eigenvalue weighted by Crippen LogP contribution is -2.52. The van der Waals surface area contributed by atoms with Crippen LogP contribution in [0.1, 0.15) is 20.3 Å². The molecule has 0 bridgehead atoms. The Balaban J connectivity index is 2.31. The molecule has 0 spiro atoms. The van der Waals surface area contributed by atoms with E-state index in [1.807, 2.05) is 20.9 Å². The summed E-state index contributed by atoms with van der Waals surface area (Å²) in [5, 5.41) is 3.10. The zero-order chi connectivity index (χ0) is 15.5. The van der Waals surface area contributed by atoms with Crippen molar-refractivity contribution in [2.75, 3.05) is 38.5 Å². The predicted molar refractivity (Wildman–Crippen MR) is 83.9 cm³/mol. The quantitative estimate of drug-likeness (QED) is 0.886. The second kappa shape index (κ2) is 6.72. The van der Waals surface area contributed by atoms with Crippen LogP contribution in [-0.2, 0) is 10.0 Å². The second-order valence-electron chi connectivity index (χ2n) is 5.50. The zero-order valence-corrected chi connectivity index (χ0v) is 13.7. The van der Waals surface area contributed by atoms with Crippen LogP contribution in [0, 0.1) is 0 Å². The van der Waals surface area contributed by atoms with Crippen LogP contribution in [0.2, 0.25) is 0 Å². The molecule has 1 unspecified atom stereocenters. The number of hydrogen-bond donors (Lipinski definition) is 1. The smallest absolute Gasteiger partial charge is 0.247 e. The van der Waals surface area contributed by atoms with Crippen molar-refractivity contribution in [3.8, 4) is 0 Å². The lowest BCUT2D eigenvalue weighted by Gasteiger charge is -2.37. The maximum atomic E-state index is 12.9. The Morgan fingerprint density at radius 2 is 2.19 bits per heavy atom. The third-order valence-electron chi connectivity index (χ3n) is 3.67. The molecule has 2 heterocycles. The first-order chi connectivity index (χ1) is 9.96. The van der Waals surface area contributed by atoms with Gasteiger partial charge >= 0.3 is 0 Å². The third-order valence-corrected chi connectivity index (χ3v) is 5.71. The number of aromatic nitrogens is 1. The average molecular weight is 312 g/mol. The van der Waals surface area contributed by atoms with Crippen molar-refractivity contribution in [2.45, 2.75) is 31.2 Å². The Labute approximate surface area is 127 Å². The number of rotatable bonds is 5. The number of pyridine rings is 1. The summed E-state index contributed by atoms with van der Waals surface area (Å²) in [6.07, 6.45) is 2.53. The van der Waals surface area contributed by atoms with Crippen LogP contribution in [0.5, 0.6) is 0 Å². The molecule has 0 radical (unpaired) electrons. The Bertz CT molecular complexity index is 576. The molecule has 0 amide bonds. The van der Waals surface area contributed by atoms with Crippen molar-refractivity contribution in [2.24, 2.45) is 0 Å². The molecule has 1 saturated heterocycles. The number of anilines is 1. The van der Waals surface area contributed by atoms with Crippen LogP contribution < -0.4 is 5.32 Å². The average Bonchev–Trinajstić information content (AvgIpc) is 2.45. The topological polar surface area (TPSA) is 65.5 Å². The number of nitrogens with one attached hydrogen (secondary N) is 1. The van der Waals surface area contributed by atoms with Crippen LogP contribution in [0.25, 0.3) is 0 Å². The summed E-state index contributed by atoms with van der Waals surface area (Å²) in [6, 6.07) is 3.27. The molecule has 0 saturated carbocycles. The van der Waals surface area contributed by atoms with E-state index >= 15 is 0 Å². The van der Waals surface area contributed by atoms with E-state index in [1.165, 1.54) is 0 Å². The van der Waals surface area contributed by atoms with Crippen LogP contribution in [-0.4, -0.2) is 61.9 Å². The standard InChI is InChI=1S/C14H24N4O2S/c1-4-7-15-14-13(6-5-8-16-14)21(19,20)18-10-9-17(3)11-12(18)2/h5-6,8,12H,4,7,9-11H2,1-3H3,(H,15,16). The fraction of sp³-hybridized carbons (Fsp3) is 0.643. The van der Waals surface area contributed by atoms with Crippen molar-refractivity contribution < 1.29 is 8.42 Å².